The summed E-state index contributed by atoms with van der Waals surface area (Å²) in [6.45, 7) is 2.76. The maximum absolute atomic E-state index is 12.3. The molecule has 0 saturated heterocycles. The number of benzene rings is 2. The normalized spacial score (nSPS) is 16.9. The summed E-state index contributed by atoms with van der Waals surface area (Å²) in [6.07, 6.45) is 0.543. The zero-order valence-electron chi connectivity index (χ0n) is 13.9. The average Bonchev–Trinajstić information content (AvgIpc) is 2.98. The van der Waals surface area contributed by atoms with Crippen LogP contribution >= 0.6 is 0 Å². The Morgan fingerprint density at radius 2 is 2.00 bits per heavy atom. The van der Waals surface area contributed by atoms with Crippen LogP contribution < -0.4 is 0 Å². The van der Waals surface area contributed by atoms with Crippen molar-refractivity contribution in [1.82, 2.24) is 9.88 Å². The molecular formula is C20H20N2O2. The number of nitrogens with zero attached hydrogens (tertiary/aromatic N) is 1. The SMILES string of the molecule is COC(=O)N1CCc2c([nH]c3ccc(C)cc23)C1c1ccccc1. The second-order valence-electron chi connectivity index (χ2n) is 6.29. The smallest absolute Gasteiger partial charge is 0.410 e. The molecule has 24 heavy (non-hydrogen) atoms. The Bertz CT molecular complexity index is 899. The lowest BCUT2D eigenvalue weighted by Crippen LogP contribution is -2.40. The van der Waals surface area contributed by atoms with Crippen molar-refractivity contribution in [2.45, 2.75) is 19.4 Å². The molecule has 3 aromatic rings. The lowest BCUT2D eigenvalue weighted by Gasteiger charge is -2.35. The Morgan fingerprint density at radius 1 is 1.21 bits per heavy atom. The Morgan fingerprint density at radius 3 is 2.75 bits per heavy atom. The van der Waals surface area contributed by atoms with Gasteiger partial charge in [-0.15, -0.1) is 0 Å². The third-order valence-corrected chi connectivity index (χ3v) is 4.81. The lowest BCUT2D eigenvalue weighted by atomic mass is 9.92. The molecule has 0 bridgehead atoms. The van der Waals surface area contributed by atoms with Crippen molar-refractivity contribution in [2.75, 3.05) is 13.7 Å². The Hall–Kier alpha value is -2.75. The van der Waals surface area contributed by atoms with Gasteiger partial charge in [-0.05, 0) is 36.6 Å². The van der Waals surface area contributed by atoms with Crippen molar-refractivity contribution in [3.8, 4) is 0 Å². The van der Waals surface area contributed by atoms with E-state index in [9.17, 15) is 4.79 Å². The van der Waals surface area contributed by atoms with E-state index in [0.717, 1.165) is 23.2 Å². The first-order valence-electron chi connectivity index (χ1n) is 8.19. The fourth-order valence-corrected chi connectivity index (χ4v) is 3.70. The molecule has 4 nitrogen and oxygen atoms in total. The molecule has 2 heterocycles. The number of ether oxygens (including phenoxy) is 1. The summed E-state index contributed by atoms with van der Waals surface area (Å²) in [7, 11) is 1.44. The molecule has 1 atom stereocenters. The van der Waals surface area contributed by atoms with Gasteiger partial charge in [0.2, 0.25) is 0 Å². The molecule has 1 aliphatic heterocycles. The number of rotatable bonds is 1. The maximum atomic E-state index is 12.3. The molecule has 1 aromatic heterocycles. The first-order valence-corrected chi connectivity index (χ1v) is 8.19. The van der Waals surface area contributed by atoms with E-state index >= 15 is 0 Å². The number of methoxy groups -OCH3 is 1. The number of nitrogens with one attached hydrogen (secondary N) is 1. The Labute approximate surface area is 141 Å². The van der Waals surface area contributed by atoms with Gasteiger partial charge in [0, 0.05) is 23.1 Å². The Balaban J connectivity index is 1.92. The van der Waals surface area contributed by atoms with E-state index in [-0.39, 0.29) is 12.1 Å². The van der Waals surface area contributed by atoms with Crippen molar-refractivity contribution < 1.29 is 9.53 Å². The van der Waals surface area contributed by atoms with E-state index in [2.05, 4.69) is 42.2 Å². The molecule has 1 N–H and O–H groups in total. The van der Waals surface area contributed by atoms with E-state index in [0.29, 0.717) is 6.54 Å². The molecular weight excluding hydrogens is 300 g/mol. The third kappa shape index (κ3) is 2.26. The van der Waals surface area contributed by atoms with E-state index in [1.807, 2.05) is 18.2 Å². The summed E-state index contributed by atoms with van der Waals surface area (Å²) in [6, 6.07) is 16.4. The predicted octanol–water partition coefficient (Wildman–Crippen LogP) is 4.19. The fraction of sp³-hybridized carbons (Fsp3) is 0.250. The van der Waals surface area contributed by atoms with E-state index in [1.54, 1.807) is 4.90 Å². The zero-order valence-corrected chi connectivity index (χ0v) is 13.9. The van der Waals surface area contributed by atoms with Crippen molar-refractivity contribution in [1.29, 1.82) is 0 Å². The quantitative estimate of drug-likeness (QED) is 0.731. The zero-order chi connectivity index (χ0) is 16.7. The standard InChI is InChI=1S/C20H20N2O2/c1-13-8-9-17-16(12-13)15-10-11-22(20(23)24-2)19(18(15)21-17)14-6-4-3-5-7-14/h3-9,12,19,21H,10-11H2,1-2H3. The van der Waals surface area contributed by atoms with Crippen molar-refractivity contribution in [3.05, 3.63) is 70.9 Å². The number of H-pyrrole nitrogens is 1. The molecule has 0 radical (unpaired) electrons. The molecule has 2 aromatic carbocycles. The number of hydrogen-bond acceptors (Lipinski definition) is 2. The topological polar surface area (TPSA) is 45.3 Å². The highest BCUT2D eigenvalue weighted by Crippen LogP contribution is 2.38. The highest BCUT2D eigenvalue weighted by atomic mass is 16.5. The van der Waals surface area contributed by atoms with Crippen LogP contribution in [0.3, 0.4) is 0 Å². The van der Waals surface area contributed by atoms with Gasteiger partial charge >= 0.3 is 6.09 Å². The maximum Gasteiger partial charge on any atom is 0.410 e. The van der Waals surface area contributed by atoms with Gasteiger partial charge in [-0.1, -0.05) is 42.0 Å². The molecule has 0 saturated carbocycles. The molecule has 4 rings (SSSR count). The highest BCUT2D eigenvalue weighted by Gasteiger charge is 2.34. The first-order chi connectivity index (χ1) is 11.7. The number of carbonyl (C=O) groups is 1. The minimum atomic E-state index is -0.288. The number of amides is 1. The Kier molecular flexibility index (Phi) is 3.53. The lowest BCUT2D eigenvalue weighted by molar-refractivity contribution is 0.108. The molecule has 1 aliphatic rings. The van der Waals surface area contributed by atoms with E-state index in [4.69, 9.17) is 4.74 Å². The molecule has 1 amide bonds. The van der Waals surface area contributed by atoms with Gasteiger partial charge in [0.15, 0.2) is 0 Å². The minimum absolute atomic E-state index is 0.143. The largest absolute Gasteiger partial charge is 0.453 e. The van der Waals surface area contributed by atoms with Crippen LogP contribution in [0.25, 0.3) is 10.9 Å². The molecule has 122 valence electrons. The highest BCUT2D eigenvalue weighted by molar-refractivity contribution is 5.86. The van der Waals surface area contributed by atoms with Crippen LogP contribution in [-0.2, 0) is 11.2 Å². The van der Waals surface area contributed by atoms with Crippen LogP contribution in [0.1, 0.15) is 28.4 Å². The molecule has 0 spiro atoms. The summed E-state index contributed by atoms with van der Waals surface area (Å²) < 4.78 is 5.02. The number of carbonyl (C=O) groups excluding carboxylic acids is 1. The average molecular weight is 320 g/mol. The number of aryl methyl sites for hydroxylation is 1. The first kappa shape index (κ1) is 14.8. The second-order valence-corrected chi connectivity index (χ2v) is 6.29. The van der Waals surface area contributed by atoms with Crippen LogP contribution in [0.2, 0.25) is 0 Å². The summed E-state index contributed by atoms with van der Waals surface area (Å²) in [5.41, 5.74) is 5.86. The van der Waals surface area contributed by atoms with Gasteiger partial charge in [-0.25, -0.2) is 4.79 Å². The van der Waals surface area contributed by atoms with Crippen LogP contribution in [0.4, 0.5) is 4.79 Å². The van der Waals surface area contributed by atoms with Gasteiger partial charge < -0.3 is 9.72 Å². The molecule has 4 heteroatoms. The molecule has 1 unspecified atom stereocenters. The van der Waals surface area contributed by atoms with Crippen LogP contribution in [0.15, 0.2) is 48.5 Å². The van der Waals surface area contributed by atoms with Crippen LogP contribution in [-0.4, -0.2) is 29.6 Å². The van der Waals surface area contributed by atoms with Gasteiger partial charge in [0.1, 0.15) is 6.04 Å². The number of hydrogen-bond donors (Lipinski definition) is 1. The number of aromatic nitrogens is 1. The van der Waals surface area contributed by atoms with Gasteiger partial charge in [0.25, 0.3) is 0 Å². The summed E-state index contributed by atoms with van der Waals surface area (Å²) in [5.74, 6) is 0. The van der Waals surface area contributed by atoms with Gasteiger partial charge in [-0.3, -0.25) is 4.90 Å². The van der Waals surface area contributed by atoms with Crippen LogP contribution in [0.5, 0.6) is 0 Å². The number of aromatic amines is 1. The minimum Gasteiger partial charge on any atom is -0.453 e. The van der Waals surface area contributed by atoms with Crippen molar-refractivity contribution >= 4 is 17.0 Å². The van der Waals surface area contributed by atoms with Crippen molar-refractivity contribution in [2.24, 2.45) is 0 Å². The second kappa shape index (κ2) is 5.71. The molecule has 0 aliphatic carbocycles. The van der Waals surface area contributed by atoms with Gasteiger partial charge in [0.05, 0.1) is 7.11 Å². The third-order valence-electron chi connectivity index (χ3n) is 4.81. The van der Waals surface area contributed by atoms with Gasteiger partial charge in [-0.2, -0.15) is 0 Å². The van der Waals surface area contributed by atoms with E-state index in [1.165, 1.54) is 23.6 Å². The van der Waals surface area contributed by atoms with Crippen molar-refractivity contribution in [3.63, 3.8) is 0 Å². The summed E-state index contributed by atoms with van der Waals surface area (Å²) in [5, 5.41) is 1.26. The summed E-state index contributed by atoms with van der Waals surface area (Å²) >= 11 is 0. The van der Waals surface area contributed by atoms with Crippen LogP contribution in [0, 0.1) is 6.92 Å². The number of fused-ring (bicyclic) bond motifs is 3. The monoisotopic (exact) mass is 320 g/mol. The van der Waals surface area contributed by atoms with E-state index < -0.39 is 0 Å². The molecule has 0 fully saturated rings. The summed E-state index contributed by atoms with van der Waals surface area (Å²) in [4.78, 5) is 17.7. The fourth-order valence-electron chi connectivity index (χ4n) is 3.70. The predicted molar refractivity (Wildman–Crippen MR) is 94.1 cm³/mol.